The Kier molecular flexibility index (Phi) is 5.88. The molecule has 1 aliphatic heterocycles. The van der Waals surface area contributed by atoms with Crippen molar-refractivity contribution in [1.82, 2.24) is 4.90 Å². The molecule has 1 fully saturated rings. The Balaban J connectivity index is 2.32. The van der Waals surface area contributed by atoms with Crippen LogP contribution in [0.5, 0.6) is 0 Å². The van der Waals surface area contributed by atoms with Crippen LogP contribution < -0.4 is 0 Å². The molecule has 1 atom stereocenters. The van der Waals surface area contributed by atoms with E-state index in [1.165, 1.54) is 12.8 Å². The summed E-state index contributed by atoms with van der Waals surface area (Å²) in [7, 11) is 0. The number of Topliss-reactive ketones (excluding diaryl/α,β-unsaturated/α-hetero) is 1. The second kappa shape index (κ2) is 6.96. The number of nitrogens with zero attached hydrogens (tertiary/aromatic N) is 1. The quantitative estimate of drug-likeness (QED) is 0.673. The number of ether oxygens (including phenoxy) is 1. The van der Waals surface area contributed by atoms with Crippen molar-refractivity contribution in [3.63, 3.8) is 0 Å². The van der Waals surface area contributed by atoms with Crippen LogP contribution in [0.2, 0.25) is 0 Å². The lowest BCUT2D eigenvalue weighted by molar-refractivity contribution is -0.131. The van der Waals surface area contributed by atoms with Gasteiger partial charge in [0.15, 0.2) is 0 Å². The molecule has 0 aromatic rings. The zero-order valence-corrected chi connectivity index (χ0v) is 10.00. The van der Waals surface area contributed by atoms with E-state index in [1.54, 1.807) is 0 Å². The van der Waals surface area contributed by atoms with Gasteiger partial charge in [-0.15, -0.1) is 0 Å². The van der Waals surface area contributed by atoms with Gasteiger partial charge in [-0.05, 0) is 19.5 Å². The van der Waals surface area contributed by atoms with Gasteiger partial charge in [0.05, 0.1) is 19.1 Å². The normalized spacial score (nSPS) is 22.3. The number of rotatable bonds is 6. The highest BCUT2D eigenvalue weighted by Crippen LogP contribution is 2.12. The monoisotopic (exact) mass is 213 g/mol. The first-order chi connectivity index (χ1) is 7.27. The number of hydrogen-bond acceptors (Lipinski definition) is 3. The zero-order valence-electron chi connectivity index (χ0n) is 10.00. The van der Waals surface area contributed by atoms with Crippen molar-refractivity contribution in [3.05, 3.63) is 0 Å². The molecule has 0 aliphatic carbocycles. The number of unbranched alkanes of at least 4 members (excludes halogenated alkanes) is 1. The maximum atomic E-state index is 11.6. The molecule has 0 amide bonds. The van der Waals surface area contributed by atoms with E-state index in [0.717, 1.165) is 19.6 Å². The zero-order chi connectivity index (χ0) is 11.1. The third kappa shape index (κ3) is 4.31. The average molecular weight is 213 g/mol. The first kappa shape index (κ1) is 12.7. The second-order valence-electron chi connectivity index (χ2n) is 4.23. The van der Waals surface area contributed by atoms with Crippen LogP contribution in [0.15, 0.2) is 0 Å². The molecule has 88 valence electrons. The Morgan fingerprint density at radius 2 is 2.27 bits per heavy atom. The van der Waals surface area contributed by atoms with E-state index in [9.17, 15) is 4.79 Å². The van der Waals surface area contributed by atoms with Crippen molar-refractivity contribution in [2.75, 3.05) is 32.8 Å². The highest BCUT2D eigenvalue weighted by Gasteiger charge is 2.24. The van der Waals surface area contributed by atoms with Gasteiger partial charge in [0.2, 0.25) is 0 Å². The summed E-state index contributed by atoms with van der Waals surface area (Å²) < 4.78 is 5.35. The lowest BCUT2D eigenvalue weighted by Crippen LogP contribution is -2.38. The highest BCUT2D eigenvalue weighted by molar-refractivity contribution is 5.82. The van der Waals surface area contributed by atoms with Gasteiger partial charge in [-0.2, -0.15) is 0 Å². The van der Waals surface area contributed by atoms with Crippen LogP contribution in [-0.4, -0.2) is 43.5 Å². The van der Waals surface area contributed by atoms with Crippen molar-refractivity contribution in [1.29, 1.82) is 0 Å². The molecule has 15 heavy (non-hydrogen) atoms. The summed E-state index contributed by atoms with van der Waals surface area (Å²) in [5.74, 6) is 0.506. The molecular formula is C12H23NO2. The minimum Gasteiger partial charge on any atom is -0.380 e. The Bertz CT molecular complexity index is 194. The maximum Gasteiger partial charge on any atom is 0.141 e. The Morgan fingerprint density at radius 1 is 1.47 bits per heavy atom. The van der Waals surface area contributed by atoms with Gasteiger partial charge in [-0.25, -0.2) is 0 Å². The third-order valence-corrected chi connectivity index (χ3v) is 3.02. The predicted molar refractivity (Wildman–Crippen MR) is 61.0 cm³/mol. The molecule has 0 aromatic heterocycles. The van der Waals surface area contributed by atoms with Crippen LogP contribution in [0.25, 0.3) is 0 Å². The smallest absolute Gasteiger partial charge is 0.141 e. The van der Waals surface area contributed by atoms with E-state index in [0.29, 0.717) is 25.4 Å². The van der Waals surface area contributed by atoms with E-state index in [4.69, 9.17) is 4.74 Å². The molecule has 0 aromatic carbocycles. The standard InChI is InChI=1S/C12H23NO2/c1-3-5-7-13(4-2)9-11-10-15-8-6-12(11)14/h11H,3-10H2,1-2H3. The summed E-state index contributed by atoms with van der Waals surface area (Å²) in [6, 6.07) is 0. The van der Waals surface area contributed by atoms with Gasteiger partial charge in [0.25, 0.3) is 0 Å². The minimum atomic E-state index is 0.121. The summed E-state index contributed by atoms with van der Waals surface area (Å²) in [6.07, 6.45) is 3.04. The van der Waals surface area contributed by atoms with Crippen molar-refractivity contribution in [2.45, 2.75) is 33.1 Å². The molecule has 0 radical (unpaired) electrons. The number of carbonyl (C=O) groups excluding carboxylic acids is 1. The molecule has 1 aliphatic rings. The molecule has 0 N–H and O–H groups in total. The highest BCUT2D eigenvalue weighted by atomic mass is 16.5. The van der Waals surface area contributed by atoms with E-state index in [1.807, 2.05) is 0 Å². The first-order valence-corrected chi connectivity index (χ1v) is 6.10. The topological polar surface area (TPSA) is 29.5 Å². The van der Waals surface area contributed by atoms with Crippen LogP contribution in [0.3, 0.4) is 0 Å². The summed E-state index contributed by atoms with van der Waals surface area (Å²) >= 11 is 0. The molecule has 1 heterocycles. The molecule has 1 rings (SSSR count). The molecule has 0 bridgehead atoms. The summed E-state index contributed by atoms with van der Waals surface area (Å²) in [5, 5.41) is 0. The third-order valence-electron chi connectivity index (χ3n) is 3.02. The number of ketones is 1. The van der Waals surface area contributed by atoms with Gasteiger partial charge in [0.1, 0.15) is 5.78 Å². The van der Waals surface area contributed by atoms with Crippen LogP contribution in [0.1, 0.15) is 33.1 Å². The molecule has 0 saturated carbocycles. The van der Waals surface area contributed by atoms with Gasteiger partial charge in [-0.1, -0.05) is 20.3 Å². The first-order valence-electron chi connectivity index (χ1n) is 6.10. The molecule has 1 unspecified atom stereocenters. The second-order valence-corrected chi connectivity index (χ2v) is 4.23. The van der Waals surface area contributed by atoms with Crippen molar-refractivity contribution in [2.24, 2.45) is 5.92 Å². The Labute approximate surface area is 92.8 Å². The molecule has 0 spiro atoms. The SMILES string of the molecule is CCCCN(CC)CC1COCCC1=O. The average Bonchev–Trinajstić information content (AvgIpc) is 2.26. The molecule has 1 saturated heterocycles. The summed E-state index contributed by atoms with van der Waals surface area (Å²) in [4.78, 5) is 14.0. The van der Waals surface area contributed by atoms with E-state index < -0.39 is 0 Å². The van der Waals surface area contributed by atoms with Crippen LogP contribution >= 0.6 is 0 Å². The van der Waals surface area contributed by atoms with Crippen LogP contribution in [0, 0.1) is 5.92 Å². The Hall–Kier alpha value is -0.410. The van der Waals surface area contributed by atoms with Crippen LogP contribution in [-0.2, 0) is 9.53 Å². The largest absolute Gasteiger partial charge is 0.380 e. The van der Waals surface area contributed by atoms with Crippen molar-refractivity contribution >= 4 is 5.78 Å². The van der Waals surface area contributed by atoms with Gasteiger partial charge in [0, 0.05) is 13.0 Å². The Morgan fingerprint density at radius 3 is 2.87 bits per heavy atom. The lowest BCUT2D eigenvalue weighted by atomic mass is 10.00. The van der Waals surface area contributed by atoms with Gasteiger partial charge in [-0.3, -0.25) is 4.79 Å². The number of hydrogen-bond donors (Lipinski definition) is 0. The molecule has 3 nitrogen and oxygen atoms in total. The lowest BCUT2D eigenvalue weighted by Gasteiger charge is -2.27. The fourth-order valence-electron chi connectivity index (χ4n) is 1.92. The van der Waals surface area contributed by atoms with Gasteiger partial charge < -0.3 is 9.64 Å². The van der Waals surface area contributed by atoms with Crippen molar-refractivity contribution in [3.8, 4) is 0 Å². The molecule has 3 heteroatoms. The van der Waals surface area contributed by atoms with Crippen LogP contribution in [0.4, 0.5) is 0 Å². The number of carbonyl (C=O) groups is 1. The van der Waals surface area contributed by atoms with E-state index in [2.05, 4.69) is 18.7 Å². The van der Waals surface area contributed by atoms with Crippen molar-refractivity contribution < 1.29 is 9.53 Å². The van der Waals surface area contributed by atoms with E-state index >= 15 is 0 Å². The minimum absolute atomic E-state index is 0.121. The summed E-state index contributed by atoms with van der Waals surface area (Å²) in [5.41, 5.74) is 0. The molecular weight excluding hydrogens is 190 g/mol. The maximum absolute atomic E-state index is 11.6. The fraction of sp³-hybridized carbons (Fsp3) is 0.917. The van der Waals surface area contributed by atoms with E-state index in [-0.39, 0.29) is 5.92 Å². The predicted octanol–water partition coefficient (Wildman–Crippen LogP) is 1.71. The van der Waals surface area contributed by atoms with Gasteiger partial charge >= 0.3 is 0 Å². The summed E-state index contributed by atoms with van der Waals surface area (Å²) in [6.45, 7) is 8.63. The fourth-order valence-corrected chi connectivity index (χ4v) is 1.92.